The Balaban J connectivity index is 1.52. The van der Waals surface area contributed by atoms with Crippen LogP contribution < -0.4 is 10.6 Å². The summed E-state index contributed by atoms with van der Waals surface area (Å²) in [6, 6.07) is 5.16. The fourth-order valence-electron chi connectivity index (χ4n) is 4.42. The maximum atomic E-state index is 13.8. The summed E-state index contributed by atoms with van der Waals surface area (Å²) in [6.45, 7) is 2.26. The molecule has 0 spiro atoms. The molecule has 1 aliphatic carbocycles. The monoisotopic (exact) mass is 423 g/mol. The van der Waals surface area contributed by atoms with E-state index in [4.69, 9.17) is 4.52 Å². The van der Waals surface area contributed by atoms with E-state index in [0.717, 1.165) is 0 Å². The number of halogens is 1. The van der Waals surface area contributed by atoms with Gasteiger partial charge in [0, 0.05) is 19.1 Å². The van der Waals surface area contributed by atoms with Gasteiger partial charge >= 0.3 is 6.03 Å². The van der Waals surface area contributed by atoms with Gasteiger partial charge in [0.05, 0.1) is 17.4 Å². The first-order valence-electron chi connectivity index (χ1n) is 9.25. The van der Waals surface area contributed by atoms with Crippen LogP contribution in [-0.2, 0) is 15.4 Å². The molecule has 1 aliphatic heterocycles. The smallest absolute Gasteiger partial charge is 0.319 e. The Hall–Kier alpha value is -2.53. The highest BCUT2D eigenvalue weighted by Gasteiger charge is 2.59. The standard InChI is InChI=1S/C18H22FN5O4S/c1-11-20-16(28-23-11)18-8-13(7-12(18)9-24(10-18)29(2,26)27)21-17(25)22-15-6-4-3-5-14(15)19/h3-6,12-13H,7-10H2,1-2H3,(H2,21,22,25)/t12-,13+,18-/m0/s1. The number of nitrogens with one attached hydrogen (secondary N) is 2. The van der Waals surface area contributed by atoms with Crippen LogP contribution >= 0.6 is 0 Å². The van der Waals surface area contributed by atoms with Crippen LogP contribution in [0.15, 0.2) is 28.8 Å². The minimum atomic E-state index is -3.37. The summed E-state index contributed by atoms with van der Waals surface area (Å²) in [5.74, 6) is 0.271. The zero-order valence-electron chi connectivity index (χ0n) is 16.1. The molecule has 11 heteroatoms. The average Bonchev–Trinajstić information content (AvgIpc) is 3.29. The number of carbonyl (C=O) groups is 1. The molecular formula is C18H22FN5O4S. The van der Waals surface area contributed by atoms with E-state index >= 15 is 0 Å². The fourth-order valence-corrected chi connectivity index (χ4v) is 5.34. The van der Waals surface area contributed by atoms with E-state index in [1.807, 2.05) is 0 Å². The zero-order chi connectivity index (χ0) is 20.8. The number of hydrogen-bond acceptors (Lipinski definition) is 6. The minimum absolute atomic E-state index is 0.0733. The Bertz CT molecular complexity index is 1040. The quantitative estimate of drug-likeness (QED) is 0.772. The first-order valence-corrected chi connectivity index (χ1v) is 11.1. The van der Waals surface area contributed by atoms with Crippen molar-refractivity contribution in [1.29, 1.82) is 0 Å². The third kappa shape index (κ3) is 3.71. The second kappa shape index (κ2) is 7.06. The lowest BCUT2D eigenvalue weighted by Gasteiger charge is -2.24. The maximum absolute atomic E-state index is 13.8. The SMILES string of the molecule is Cc1noc([C@]23C[C@H](NC(=O)Nc4ccccc4F)C[C@H]2CN(S(C)(=O)=O)C3)n1. The summed E-state index contributed by atoms with van der Waals surface area (Å²) in [4.78, 5) is 16.7. The van der Waals surface area contributed by atoms with Crippen molar-refractivity contribution in [2.45, 2.75) is 31.2 Å². The normalized spacial score (nSPS) is 27.0. The summed E-state index contributed by atoms with van der Waals surface area (Å²) in [6.07, 6.45) is 2.19. The van der Waals surface area contributed by atoms with Crippen LogP contribution in [0.1, 0.15) is 24.6 Å². The lowest BCUT2D eigenvalue weighted by Crippen LogP contribution is -2.40. The molecule has 3 atom stereocenters. The first-order chi connectivity index (χ1) is 13.7. The van der Waals surface area contributed by atoms with Gasteiger partial charge in [0.1, 0.15) is 5.82 Å². The molecular weight excluding hydrogens is 401 g/mol. The van der Waals surface area contributed by atoms with E-state index < -0.39 is 27.3 Å². The van der Waals surface area contributed by atoms with Gasteiger partial charge in [0.25, 0.3) is 0 Å². The van der Waals surface area contributed by atoms with Crippen LogP contribution in [0.5, 0.6) is 0 Å². The predicted octanol–water partition coefficient (Wildman–Crippen LogP) is 1.63. The van der Waals surface area contributed by atoms with Crippen LogP contribution in [0.2, 0.25) is 0 Å². The Labute approximate surface area is 167 Å². The number of rotatable bonds is 4. The number of fused-ring (bicyclic) bond motifs is 1. The highest BCUT2D eigenvalue weighted by atomic mass is 32.2. The van der Waals surface area contributed by atoms with E-state index in [2.05, 4.69) is 20.8 Å². The molecule has 2 amide bonds. The van der Waals surface area contributed by atoms with Crippen molar-refractivity contribution in [2.24, 2.45) is 5.92 Å². The van der Waals surface area contributed by atoms with Crippen molar-refractivity contribution in [3.8, 4) is 0 Å². The molecule has 1 saturated carbocycles. The van der Waals surface area contributed by atoms with Crippen molar-refractivity contribution >= 4 is 21.7 Å². The average molecular weight is 423 g/mol. The number of sulfonamides is 1. The maximum Gasteiger partial charge on any atom is 0.319 e. The van der Waals surface area contributed by atoms with Gasteiger partial charge in [-0.25, -0.2) is 21.9 Å². The number of carbonyl (C=O) groups excluding carboxylic acids is 1. The number of aromatic nitrogens is 2. The van der Waals surface area contributed by atoms with Crippen LogP contribution in [0.3, 0.4) is 0 Å². The van der Waals surface area contributed by atoms with E-state index in [0.29, 0.717) is 31.1 Å². The third-order valence-corrected chi connectivity index (χ3v) is 6.94. The van der Waals surface area contributed by atoms with Crippen LogP contribution in [0.4, 0.5) is 14.9 Å². The molecule has 2 aromatic rings. The number of benzene rings is 1. The number of nitrogens with zero attached hydrogens (tertiary/aromatic N) is 3. The molecule has 2 fully saturated rings. The molecule has 9 nitrogen and oxygen atoms in total. The lowest BCUT2D eigenvalue weighted by molar-refractivity contribution is 0.244. The van der Waals surface area contributed by atoms with Crippen molar-refractivity contribution in [3.63, 3.8) is 0 Å². The highest BCUT2D eigenvalue weighted by molar-refractivity contribution is 7.88. The number of urea groups is 1. The van der Waals surface area contributed by atoms with Crippen molar-refractivity contribution in [2.75, 3.05) is 24.7 Å². The van der Waals surface area contributed by atoms with Gasteiger partial charge in [0.15, 0.2) is 5.82 Å². The lowest BCUT2D eigenvalue weighted by atomic mass is 9.80. The Kier molecular flexibility index (Phi) is 4.82. The van der Waals surface area contributed by atoms with Gasteiger partial charge in [-0.2, -0.15) is 4.98 Å². The minimum Gasteiger partial charge on any atom is -0.339 e. The Morgan fingerprint density at radius 3 is 2.79 bits per heavy atom. The Morgan fingerprint density at radius 1 is 1.38 bits per heavy atom. The van der Waals surface area contributed by atoms with Crippen LogP contribution in [-0.4, -0.2) is 54.3 Å². The van der Waals surface area contributed by atoms with Crippen LogP contribution in [0.25, 0.3) is 0 Å². The molecule has 0 radical (unpaired) electrons. The van der Waals surface area contributed by atoms with Gasteiger partial charge in [-0.05, 0) is 37.8 Å². The van der Waals surface area contributed by atoms with Gasteiger partial charge in [0.2, 0.25) is 15.9 Å². The van der Waals surface area contributed by atoms with Crippen molar-refractivity contribution in [1.82, 2.24) is 19.8 Å². The molecule has 2 heterocycles. The van der Waals surface area contributed by atoms with Crippen LogP contribution in [0, 0.1) is 18.7 Å². The first kappa shape index (κ1) is 19.8. The third-order valence-electron chi connectivity index (χ3n) is 5.72. The second-order valence-electron chi connectivity index (χ2n) is 7.77. The summed E-state index contributed by atoms with van der Waals surface area (Å²) in [7, 11) is -3.37. The topological polar surface area (TPSA) is 117 Å². The molecule has 1 saturated heterocycles. The molecule has 0 unspecified atom stereocenters. The molecule has 2 aliphatic rings. The Morgan fingerprint density at radius 2 is 2.14 bits per heavy atom. The molecule has 156 valence electrons. The molecule has 1 aromatic carbocycles. The van der Waals surface area contributed by atoms with Gasteiger partial charge in [-0.1, -0.05) is 17.3 Å². The van der Waals surface area contributed by atoms with Gasteiger partial charge in [-0.15, -0.1) is 0 Å². The summed E-state index contributed by atoms with van der Waals surface area (Å²) in [5.41, 5.74) is -0.561. The number of aryl methyl sites for hydroxylation is 1. The molecule has 0 bridgehead atoms. The van der Waals surface area contributed by atoms with Crippen molar-refractivity contribution in [3.05, 3.63) is 41.8 Å². The number of hydrogen-bond donors (Lipinski definition) is 2. The predicted molar refractivity (Wildman–Crippen MR) is 102 cm³/mol. The fraction of sp³-hybridized carbons (Fsp3) is 0.500. The number of amides is 2. The largest absolute Gasteiger partial charge is 0.339 e. The number of anilines is 1. The number of para-hydroxylation sites is 1. The summed E-state index contributed by atoms with van der Waals surface area (Å²) in [5, 5.41) is 9.23. The van der Waals surface area contributed by atoms with Gasteiger partial charge in [-0.3, -0.25) is 0 Å². The molecule has 1 aromatic heterocycles. The molecule has 4 rings (SSSR count). The van der Waals surface area contributed by atoms with E-state index in [1.165, 1.54) is 22.7 Å². The van der Waals surface area contributed by atoms with E-state index in [1.54, 1.807) is 19.1 Å². The summed E-state index contributed by atoms with van der Waals surface area (Å²) >= 11 is 0. The highest BCUT2D eigenvalue weighted by Crippen LogP contribution is 2.50. The van der Waals surface area contributed by atoms with Crippen molar-refractivity contribution < 1.29 is 22.1 Å². The molecule has 29 heavy (non-hydrogen) atoms. The van der Waals surface area contributed by atoms with Gasteiger partial charge < -0.3 is 15.2 Å². The molecule has 2 N–H and O–H groups in total. The van der Waals surface area contributed by atoms with E-state index in [9.17, 15) is 17.6 Å². The zero-order valence-corrected chi connectivity index (χ0v) is 16.9. The second-order valence-corrected chi connectivity index (χ2v) is 9.75. The van der Waals surface area contributed by atoms with E-state index in [-0.39, 0.29) is 24.2 Å². The summed E-state index contributed by atoms with van der Waals surface area (Å²) < 4.78 is 44.8.